The first-order valence-corrected chi connectivity index (χ1v) is 8.35. The molecule has 22 heavy (non-hydrogen) atoms. The molecule has 0 fully saturated rings. The van der Waals surface area contributed by atoms with Crippen LogP contribution in [0.25, 0.3) is 0 Å². The number of hydrogen-bond acceptors (Lipinski definition) is 3. The lowest BCUT2D eigenvalue weighted by Crippen LogP contribution is -2.15. The number of amides is 1. The summed E-state index contributed by atoms with van der Waals surface area (Å²) in [7, 11) is 2.63. The minimum Gasteiger partial charge on any atom is -0.345 e. The molecule has 0 spiro atoms. The summed E-state index contributed by atoms with van der Waals surface area (Å²) in [5.74, 6) is -3.19. The zero-order valence-corrected chi connectivity index (χ0v) is 13.2. The number of benzene rings is 1. The molecule has 2 rings (SSSR count). The SMILES string of the molecule is Cn1cc(S(=O)(=O)Cl)cc1C(=O)Nc1cc(F)c(F)c(Cl)c1. The highest BCUT2D eigenvalue weighted by molar-refractivity contribution is 8.13. The van der Waals surface area contributed by atoms with Crippen molar-refractivity contribution in [2.75, 3.05) is 5.32 Å². The molecular formula is C12H8Cl2F2N2O3S. The monoisotopic (exact) mass is 368 g/mol. The lowest BCUT2D eigenvalue weighted by molar-refractivity contribution is 0.101. The third-order valence-electron chi connectivity index (χ3n) is 2.74. The molecule has 1 N–H and O–H groups in total. The van der Waals surface area contributed by atoms with E-state index in [-0.39, 0.29) is 16.3 Å². The van der Waals surface area contributed by atoms with Crippen molar-refractivity contribution in [1.82, 2.24) is 4.57 Å². The summed E-state index contributed by atoms with van der Waals surface area (Å²) in [4.78, 5) is 11.8. The lowest BCUT2D eigenvalue weighted by atomic mass is 10.3. The van der Waals surface area contributed by atoms with Crippen LogP contribution in [0.15, 0.2) is 29.3 Å². The molecule has 0 saturated heterocycles. The Hall–Kier alpha value is -1.64. The van der Waals surface area contributed by atoms with Gasteiger partial charge in [-0.25, -0.2) is 17.2 Å². The van der Waals surface area contributed by atoms with Crippen LogP contribution in [0.5, 0.6) is 0 Å². The normalized spacial score (nSPS) is 11.5. The molecule has 10 heteroatoms. The number of rotatable bonds is 3. The molecule has 5 nitrogen and oxygen atoms in total. The van der Waals surface area contributed by atoms with Gasteiger partial charge in [0, 0.05) is 35.7 Å². The first kappa shape index (κ1) is 16.7. The van der Waals surface area contributed by atoms with E-state index < -0.39 is 31.6 Å². The summed E-state index contributed by atoms with van der Waals surface area (Å²) in [6.45, 7) is 0. The van der Waals surface area contributed by atoms with E-state index in [4.69, 9.17) is 22.3 Å². The van der Waals surface area contributed by atoms with Crippen molar-refractivity contribution in [3.05, 3.63) is 46.7 Å². The van der Waals surface area contributed by atoms with E-state index >= 15 is 0 Å². The molecule has 1 aromatic carbocycles. The molecule has 0 aliphatic carbocycles. The Morgan fingerprint density at radius 3 is 2.41 bits per heavy atom. The maximum absolute atomic E-state index is 13.2. The number of aryl methyl sites for hydroxylation is 1. The van der Waals surface area contributed by atoms with Gasteiger partial charge in [-0.15, -0.1) is 0 Å². The third-order valence-corrected chi connectivity index (χ3v) is 4.33. The Labute approximate surface area is 133 Å². The van der Waals surface area contributed by atoms with Crippen LogP contribution in [0.1, 0.15) is 10.5 Å². The Morgan fingerprint density at radius 2 is 1.91 bits per heavy atom. The number of aromatic nitrogens is 1. The molecule has 1 heterocycles. The smallest absolute Gasteiger partial charge is 0.272 e. The van der Waals surface area contributed by atoms with Gasteiger partial charge >= 0.3 is 0 Å². The van der Waals surface area contributed by atoms with Crippen molar-refractivity contribution >= 4 is 42.9 Å². The summed E-state index contributed by atoms with van der Waals surface area (Å²) in [5, 5.41) is 1.79. The molecule has 0 bridgehead atoms. The Bertz CT molecular complexity index is 842. The van der Waals surface area contributed by atoms with Crippen LogP contribution >= 0.6 is 22.3 Å². The maximum atomic E-state index is 13.2. The molecule has 0 radical (unpaired) electrons. The van der Waals surface area contributed by atoms with Gasteiger partial charge in [0.1, 0.15) is 10.6 Å². The van der Waals surface area contributed by atoms with Gasteiger partial charge in [-0.2, -0.15) is 0 Å². The number of nitrogens with one attached hydrogen (secondary N) is 1. The molecule has 0 atom stereocenters. The summed E-state index contributed by atoms with van der Waals surface area (Å²) in [5.41, 5.74) is -0.120. The van der Waals surface area contributed by atoms with E-state index in [9.17, 15) is 22.0 Å². The van der Waals surface area contributed by atoms with E-state index in [0.717, 1.165) is 24.4 Å². The van der Waals surface area contributed by atoms with Gasteiger partial charge in [-0.3, -0.25) is 4.79 Å². The molecule has 0 saturated carbocycles. The van der Waals surface area contributed by atoms with Crippen molar-refractivity contribution in [1.29, 1.82) is 0 Å². The first-order valence-electron chi connectivity index (χ1n) is 5.66. The topological polar surface area (TPSA) is 68.2 Å². The van der Waals surface area contributed by atoms with Gasteiger partial charge < -0.3 is 9.88 Å². The Kier molecular flexibility index (Phi) is 4.46. The van der Waals surface area contributed by atoms with Crippen molar-refractivity contribution in [2.45, 2.75) is 4.90 Å². The number of carbonyl (C=O) groups excluding carboxylic acids is 1. The lowest BCUT2D eigenvalue weighted by Gasteiger charge is -2.07. The predicted octanol–water partition coefficient (Wildman–Crippen LogP) is 3.14. The first-order chi connectivity index (χ1) is 10.1. The van der Waals surface area contributed by atoms with Crippen molar-refractivity contribution in [2.24, 2.45) is 7.05 Å². The Morgan fingerprint density at radius 1 is 1.27 bits per heavy atom. The van der Waals surface area contributed by atoms with Gasteiger partial charge in [0.2, 0.25) is 0 Å². The van der Waals surface area contributed by atoms with E-state index in [1.54, 1.807) is 0 Å². The fourth-order valence-electron chi connectivity index (χ4n) is 1.72. The molecule has 0 aliphatic heterocycles. The third kappa shape index (κ3) is 3.40. The maximum Gasteiger partial charge on any atom is 0.272 e. The van der Waals surface area contributed by atoms with E-state index in [1.807, 2.05) is 0 Å². The van der Waals surface area contributed by atoms with Crippen LogP contribution in [-0.4, -0.2) is 18.9 Å². The highest BCUT2D eigenvalue weighted by Gasteiger charge is 2.19. The van der Waals surface area contributed by atoms with Crippen LogP contribution in [-0.2, 0) is 16.1 Å². The van der Waals surface area contributed by atoms with Gasteiger partial charge in [0.15, 0.2) is 11.6 Å². The second-order valence-electron chi connectivity index (χ2n) is 4.32. The van der Waals surface area contributed by atoms with Gasteiger partial charge in [-0.05, 0) is 12.1 Å². The molecule has 2 aromatic rings. The summed E-state index contributed by atoms with van der Waals surface area (Å²) >= 11 is 5.48. The molecule has 0 aliphatic rings. The van der Waals surface area contributed by atoms with E-state index in [2.05, 4.69) is 5.32 Å². The molecular weight excluding hydrogens is 361 g/mol. The number of hydrogen-bond donors (Lipinski definition) is 1. The number of carbonyl (C=O) groups is 1. The van der Waals surface area contributed by atoms with Crippen molar-refractivity contribution in [3.8, 4) is 0 Å². The van der Waals surface area contributed by atoms with Crippen molar-refractivity contribution < 1.29 is 22.0 Å². The largest absolute Gasteiger partial charge is 0.345 e. The van der Waals surface area contributed by atoms with Gasteiger partial charge in [-0.1, -0.05) is 11.6 Å². The zero-order valence-electron chi connectivity index (χ0n) is 10.9. The van der Waals surface area contributed by atoms with Crippen LogP contribution in [0.2, 0.25) is 5.02 Å². The standard InChI is InChI=1S/C12H8Cl2F2N2O3S/c1-18-5-7(22(14,20)21)4-10(18)12(19)17-6-2-8(13)11(16)9(15)3-6/h2-5H,1H3,(H,17,19). The molecule has 0 unspecified atom stereocenters. The Balaban J connectivity index is 2.32. The summed E-state index contributed by atoms with van der Waals surface area (Å²) in [6.07, 6.45) is 1.15. The number of nitrogens with zero attached hydrogens (tertiary/aromatic N) is 1. The number of halogens is 4. The van der Waals surface area contributed by atoms with E-state index in [0.29, 0.717) is 0 Å². The van der Waals surface area contributed by atoms with Gasteiger partial charge in [0.05, 0.1) is 5.02 Å². The predicted molar refractivity (Wildman–Crippen MR) is 77.8 cm³/mol. The minimum absolute atomic E-state index is 0.0416. The van der Waals surface area contributed by atoms with Crippen LogP contribution in [0.4, 0.5) is 14.5 Å². The molecule has 1 amide bonds. The second-order valence-corrected chi connectivity index (χ2v) is 7.29. The fraction of sp³-hybridized carbons (Fsp3) is 0.0833. The van der Waals surface area contributed by atoms with Crippen LogP contribution in [0.3, 0.4) is 0 Å². The number of anilines is 1. The second kappa shape index (κ2) is 5.86. The quantitative estimate of drug-likeness (QED) is 0.668. The molecule has 118 valence electrons. The van der Waals surface area contributed by atoms with Gasteiger partial charge in [0.25, 0.3) is 15.0 Å². The van der Waals surface area contributed by atoms with Crippen LogP contribution < -0.4 is 5.32 Å². The van der Waals surface area contributed by atoms with Crippen molar-refractivity contribution in [3.63, 3.8) is 0 Å². The average molecular weight is 369 g/mol. The van der Waals surface area contributed by atoms with Crippen LogP contribution in [0, 0.1) is 11.6 Å². The fourth-order valence-corrected chi connectivity index (χ4v) is 2.71. The van der Waals surface area contributed by atoms with E-state index in [1.165, 1.54) is 11.6 Å². The zero-order chi connectivity index (χ0) is 16.7. The minimum atomic E-state index is -3.99. The summed E-state index contributed by atoms with van der Waals surface area (Å²) < 4.78 is 49.9. The highest BCUT2D eigenvalue weighted by Crippen LogP contribution is 2.24. The summed E-state index contributed by atoms with van der Waals surface area (Å²) in [6, 6.07) is 2.83. The molecule has 1 aromatic heterocycles. The highest BCUT2D eigenvalue weighted by atomic mass is 35.7. The average Bonchev–Trinajstić information content (AvgIpc) is 2.78.